The second-order valence-electron chi connectivity index (χ2n) is 11.1. The number of rotatable bonds is 6. The number of nitrogens with one attached hydrogen (secondary N) is 2. The lowest BCUT2D eigenvalue weighted by Crippen LogP contribution is -2.47. The number of aromatic nitrogens is 1. The molecule has 6 nitrogen and oxygen atoms in total. The Balaban J connectivity index is 1.07. The summed E-state index contributed by atoms with van der Waals surface area (Å²) in [6, 6.07) is 31.6. The van der Waals surface area contributed by atoms with Gasteiger partial charge in [0.25, 0.3) is 5.91 Å². The van der Waals surface area contributed by atoms with Crippen molar-refractivity contribution in [2.75, 3.05) is 17.7 Å². The lowest BCUT2D eigenvalue weighted by atomic mass is 9.52. The van der Waals surface area contributed by atoms with Gasteiger partial charge in [-0.1, -0.05) is 60.7 Å². The van der Waals surface area contributed by atoms with Crippen LogP contribution in [0.5, 0.6) is 5.75 Å². The van der Waals surface area contributed by atoms with E-state index in [9.17, 15) is 9.59 Å². The normalized spacial score (nSPS) is 19.9. The Labute approximate surface area is 248 Å². The van der Waals surface area contributed by atoms with Gasteiger partial charge in [-0.2, -0.15) is 0 Å². The highest BCUT2D eigenvalue weighted by atomic mass is 32.1. The molecule has 2 amide bonds. The Morgan fingerprint density at radius 1 is 0.833 bits per heavy atom. The van der Waals surface area contributed by atoms with E-state index in [1.165, 1.54) is 33.6 Å². The molecule has 0 fully saturated rings. The Morgan fingerprint density at radius 2 is 1.45 bits per heavy atom. The van der Waals surface area contributed by atoms with Crippen molar-refractivity contribution in [3.05, 3.63) is 130 Å². The number of thiazole rings is 1. The summed E-state index contributed by atoms with van der Waals surface area (Å²) in [6.45, 7) is 2.09. The number of ether oxygens (including phenoxy) is 1. The van der Waals surface area contributed by atoms with Gasteiger partial charge in [0, 0.05) is 34.0 Å². The van der Waals surface area contributed by atoms with Crippen LogP contribution >= 0.6 is 11.3 Å². The Kier molecular flexibility index (Phi) is 6.39. The quantitative estimate of drug-likeness (QED) is 0.219. The zero-order valence-corrected chi connectivity index (χ0v) is 24.1. The fourth-order valence-electron chi connectivity index (χ4n) is 6.56. The van der Waals surface area contributed by atoms with Crippen molar-refractivity contribution in [2.45, 2.75) is 25.2 Å². The van der Waals surface area contributed by atoms with Crippen LogP contribution in [0.4, 0.5) is 10.8 Å². The van der Waals surface area contributed by atoms with E-state index in [0.717, 1.165) is 23.4 Å². The van der Waals surface area contributed by atoms with Crippen molar-refractivity contribution in [3.8, 4) is 17.0 Å². The number of carbonyl (C=O) groups is 2. The van der Waals surface area contributed by atoms with E-state index in [0.29, 0.717) is 16.4 Å². The van der Waals surface area contributed by atoms with Gasteiger partial charge in [-0.3, -0.25) is 9.59 Å². The van der Waals surface area contributed by atoms with Gasteiger partial charge in [-0.25, -0.2) is 4.98 Å². The molecule has 1 atom stereocenters. The molecule has 1 unspecified atom stereocenters. The van der Waals surface area contributed by atoms with Crippen molar-refractivity contribution >= 4 is 34.0 Å². The second kappa shape index (κ2) is 10.3. The molecule has 3 aliphatic carbocycles. The molecule has 0 spiro atoms. The summed E-state index contributed by atoms with van der Waals surface area (Å²) in [7, 11) is 1.60. The minimum atomic E-state index is -0.599. The summed E-state index contributed by atoms with van der Waals surface area (Å²) in [4.78, 5) is 31.4. The summed E-state index contributed by atoms with van der Waals surface area (Å²) in [6.07, 6.45) is 0.760. The molecule has 0 saturated carbocycles. The van der Waals surface area contributed by atoms with Crippen LogP contribution < -0.4 is 15.4 Å². The summed E-state index contributed by atoms with van der Waals surface area (Å²) in [5.74, 6) is 0.715. The number of carbonyl (C=O) groups excluding carboxylic acids is 2. The summed E-state index contributed by atoms with van der Waals surface area (Å²) in [5.41, 5.74) is 7.44. The molecular formula is C35H29N3O3S. The van der Waals surface area contributed by atoms with E-state index in [4.69, 9.17) is 9.72 Å². The topological polar surface area (TPSA) is 80.3 Å². The zero-order valence-electron chi connectivity index (χ0n) is 23.3. The second-order valence-corrected chi connectivity index (χ2v) is 12.0. The first-order valence-corrected chi connectivity index (χ1v) is 14.8. The number of fused-ring (bicyclic) bond motifs is 1. The third-order valence-electron chi connectivity index (χ3n) is 8.66. The molecule has 8 rings (SSSR count). The summed E-state index contributed by atoms with van der Waals surface area (Å²) >= 11 is 1.41. The molecule has 0 aliphatic heterocycles. The molecule has 42 heavy (non-hydrogen) atoms. The largest absolute Gasteiger partial charge is 0.497 e. The molecule has 1 aromatic heterocycles. The number of nitrogens with zero attached hydrogens (tertiary/aromatic N) is 1. The maximum atomic E-state index is 14.0. The predicted octanol–water partition coefficient (Wildman–Crippen LogP) is 7.70. The Hall–Kier alpha value is -4.75. The van der Waals surface area contributed by atoms with E-state index in [1.807, 2.05) is 17.5 Å². The van der Waals surface area contributed by atoms with Gasteiger partial charge in [-0.05, 0) is 72.0 Å². The minimum Gasteiger partial charge on any atom is -0.497 e. The van der Waals surface area contributed by atoms with Crippen LogP contribution in [0.2, 0.25) is 0 Å². The Morgan fingerprint density at radius 3 is 2.07 bits per heavy atom. The maximum Gasteiger partial charge on any atom is 0.255 e. The van der Waals surface area contributed by atoms with Crippen molar-refractivity contribution < 1.29 is 14.3 Å². The highest BCUT2D eigenvalue weighted by molar-refractivity contribution is 7.14. The predicted molar refractivity (Wildman–Crippen MR) is 166 cm³/mol. The van der Waals surface area contributed by atoms with Crippen LogP contribution in [0.15, 0.2) is 102 Å². The fraction of sp³-hybridized carbons (Fsp3) is 0.171. The van der Waals surface area contributed by atoms with Crippen LogP contribution in [0.1, 0.15) is 57.8 Å². The lowest BCUT2D eigenvalue weighted by Gasteiger charge is -2.50. The van der Waals surface area contributed by atoms with E-state index in [1.54, 1.807) is 43.5 Å². The molecule has 4 aromatic carbocycles. The first-order valence-electron chi connectivity index (χ1n) is 13.9. The minimum absolute atomic E-state index is 0.00652. The third-order valence-corrected chi connectivity index (χ3v) is 9.42. The van der Waals surface area contributed by atoms with Gasteiger partial charge in [0.2, 0.25) is 5.91 Å². The van der Waals surface area contributed by atoms with Gasteiger partial charge in [0.1, 0.15) is 5.75 Å². The first kappa shape index (κ1) is 26.2. The average molecular weight is 572 g/mol. The van der Waals surface area contributed by atoms with Gasteiger partial charge in [0.15, 0.2) is 5.13 Å². The van der Waals surface area contributed by atoms with Gasteiger partial charge in [-0.15, -0.1) is 11.3 Å². The van der Waals surface area contributed by atoms with Crippen LogP contribution in [0, 0.1) is 5.41 Å². The zero-order chi connectivity index (χ0) is 28.8. The average Bonchev–Trinajstić information content (AvgIpc) is 3.50. The summed E-state index contributed by atoms with van der Waals surface area (Å²) < 4.78 is 5.17. The summed E-state index contributed by atoms with van der Waals surface area (Å²) in [5, 5.41) is 8.55. The number of anilines is 2. The number of hydrogen-bond donors (Lipinski definition) is 2. The van der Waals surface area contributed by atoms with Crippen LogP contribution in [-0.2, 0) is 4.79 Å². The highest BCUT2D eigenvalue weighted by Crippen LogP contribution is 2.61. The van der Waals surface area contributed by atoms with Gasteiger partial charge >= 0.3 is 0 Å². The van der Waals surface area contributed by atoms with E-state index < -0.39 is 5.41 Å². The molecular weight excluding hydrogens is 542 g/mol. The standard InChI is InChI=1S/C35H29N3O3S/c1-35(19-29-25-7-3-5-9-27(25)31(35)28-10-6-4-8-26(28)29)33(40)38-34-37-30(20-42-34)21-11-13-22(14-12-21)32(39)36-23-15-17-24(41-2)18-16-23/h3-18,20,29,31H,19H2,1-2H3,(H,36,39)(H,37,38,40). The Bertz CT molecular complexity index is 1760. The van der Waals surface area contributed by atoms with Crippen LogP contribution in [0.3, 0.4) is 0 Å². The molecule has 1 heterocycles. The van der Waals surface area contributed by atoms with Gasteiger partial charge < -0.3 is 15.4 Å². The van der Waals surface area contributed by atoms with Crippen molar-refractivity contribution in [1.82, 2.24) is 4.98 Å². The van der Waals surface area contributed by atoms with Gasteiger partial charge in [0.05, 0.1) is 18.2 Å². The van der Waals surface area contributed by atoms with Crippen molar-refractivity contribution in [3.63, 3.8) is 0 Å². The van der Waals surface area contributed by atoms with E-state index >= 15 is 0 Å². The SMILES string of the molecule is COc1ccc(NC(=O)c2ccc(-c3csc(NC(=O)C4(C)CC5c6ccccc6C4c4ccccc45)n3)cc2)cc1. The molecule has 0 radical (unpaired) electrons. The number of methoxy groups -OCH3 is 1. The maximum absolute atomic E-state index is 14.0. The third kappa shape index (κ3) is 4.37. The van der Waals surface area contributed by atoms with E-state index in [2.05, 4.69) is 66.1 Å². The molecule has 3 aliphatic rings. The van der Waals surface area contributed by atoms with Crippen LogP contribution in [-0.4, -0.2) is 23.9 Å². The van der Waals surface area contributed by atoms with Crippen molar-refractivity contribution in [1.29, 1.82) is 0 Å². The molecule has 2 bridgehead atoms. The van der Waals surface area contributed by atoms with Crippen molar-refractivity contribution in [2.24, 2.45) is 5.41 Å². The molecule has 208 valence electrons. The number of amides is 2. The number of benzene rings is 4. The first-order chi connectivity index (χ1) is 20.4. The fourth-order valence-corrected chi connectivity index (χ4v) is 7.28. The molecule has 0 saturated heterocycles. The molecule has 2 N–H and O–H groups in total. The lowest BCUT2D eigenvalue weighted by molar-refractivity contribution is -0.126. The highest BCUT2D eigenvalue weighted by Gasteiger charge is 2.54. The molecule has 7 heteroatoms. The molecule has 5 aromatic rings. The van der Waals surface area contributed by atoms with Crippen LogP contribution in [0.25, 0.3) is 11.3 Å². The van der Waals surface area contributed by atoms with E-state index in [-0.39, 0.29) is 23.7 Å². The smallest absolute Gasteiger partial charge is 0.255 e. The monoisotopic (exact) mass is 571 g/mol. The number of hydrogen-bond acceptors (Lipinski definition) is 5.